The molecule has 0 aliphatic carbocycles. The zero-order chi connectivity index (χ0) is 19.1. The third kappa shape index (κ3) is 4.98. The van der Waals surface area contributed by atoms with Gasteiger partial charge < -0.3 is 20.1 Å². The molecule has 2 N–H and O–H groups in total. The van der Waals surface area contributed by atoms with E-state index in [0.29, 0.717) is 18.0 Å². The molecule has 138 valence electrons. The number of aromatic nitrogens is 1. The lowest BCUT2D eigenvalue weighted by Crippen LogP contribution is -2.13. The van der Waals surface area contributed by atoms with Gasteiger partial charge in [0.1, 0.15) is 17.2 Å². The molecule has 3 rings (SSSR count). The van der Waals surface area contributed by atoms with Gasteiger partial charge in [0.05, 0.1) is 13.7 Å². The van der Waals surface area contributed by atoms with Gasteiger partial charge in [0.25, 0.3) is 5.91 Å². The Morgan fingerprint density at radius 2 is 1.59 bits per heavy atom. The molecule has 3 aromatic rings. The Morgan fingerprint density at radius 3 is 2.26 bits per heavy atom. The van der Waals surface area contributed by atoms with E-state index in [1.165, 1.54) is 0 Å². The summed E-state index contributed by atoms with van der Waals surface area (Å²) < 4.78 is 10.5. The van der Waals surface area contributed by atoms with Gasteiger partial charge in [0.2, 0.25) is 0 Å². The van der Waals surface area contributed by atoms with Gasteiger partial charge in [-0.1, -0.05) is 0 Å². The van der Waals surface area contributed by atoms with Crippen LogP contribution in [0.2, 0.25) is 0 Å². The molecule has 0 aliphatic heterocycles. The van der Waals surface area contributed by atoms with Crippen molar-refractivity contribution >= 4 is 23.0 Å². The lowest BCUT2D eigenvalue weighted by Gasteiger charge is -2.10. The van der Waals surface area contributed by atoms with Gasteiger partial charge in [-0.25, -0.2) is 0 Å². The Labute approximate surface area is 158 Å². The first kappa shape index (κ1) is 18.3. The molecular weight excluding hydrogens is 342 g/mol. The van der Waals surface area contributed by atoms with E-state index < -0.39 is 0 Å². The van der Waals surface area contributed by atoms with E-state index in [4.69, 9.17) is 9.47 Å². The largest absolute Gasteiger partial charge is 0.497 e. The Kier molecular flexibility index (Phi) is 5.89. The van der Waals surface area contributed by atoms with Crippen LogP contribution in [0, 0.1) is 0 Å². The van der Waals surface area contributed by atoms with E-state index in [-0.39, 0.29) is 5.91 Å². The molecule has 0 saturated heterocycles. The van der Waals surface area contributed by atoms with Crippen LogP contribution in [0.4, 0.5) is 17.1 Å². The van der Waals surface area contributed by atoms with Crippen LogP contribution in [-0.4, -0.2) is 24.6 Å². The molecule has 1 aromatic heterocycles. The molecule has 0 radical (unpaired) electrons. The average molecular weight is 363 g/mol. The van der Waals surface area contributed by atoms with Gasteiger partial charge in [-0.3, -0.25) is 9.78 Å². The van der Waals surface area contributed by atoms with Crippen LogP contribution >= 0.6 is 0 Å². The molecule has 0 bridgehead atoms. The zero-order valence-electron chi connectivity index (χ0n) is 15.2. The predicted octanol–water partition coefficient (Wildman–Crippen LogP) is 4.48. The van der Waals surface area contributed by atoms with Crippen molar-refractivity contribution in [2.75, 3.05) is 24.4 Å². The number of rotatable bonds is 7. The summed E-state index contributed by atoms with van der Waals surface area (Å²) in [6.07, 6.45) is 1.60. The molecule has 0 unspecified atom stereocenters. The smallest absolute Gasteiger partial charge is 0.274 e. The van der Waals surface area contributed by atoms with Crippen LogP contribution in [-0.2, 0) is 0 Å². The molecule has 0 saturated carbocycles. The summed E-state index contributed by atoms with van der Waals surface area (Å²) in [6.45, 7) is 2.53. The van der Waals surface area contributed by atoms with Crippen molar-refractivity contribution in [2.45, 2.75) is 6.92 Å². The molecule has 0 aliphatic rings. The van der Waals surface area contributed by atoms with E-state index >= 15 is 0 Å². The molecule has 2 aromatic carbocycles. The number of amides is 1. The maximum Gasteiger partial charge on any atom is 0.274 e. The Bertz CT molecular complexity index is 893. The number of methoxy groups -OCH3 is 1. The lowest BCUT2D eigenvalue weighted by molar-refractivity contribution is 0.102. The van der Waals surface area contributed by atoms with E-state index in [0.717, 1.165) is 22.9 Å². The molecule has 1 amide bonds. The summed E-state index contributed by atoms with van der Waals surface area (Å²) in [7, 11) is 1.63. The SMILES string of the molecule is CCOc1ccc(NC(=O)c2cc(Nc3ccc(OC)cc3)ccn2)cc1. The molecule has 0 fully saturated rings. The highest BCUT2D eigenvalue weighted by Crippen LogP contribution is 2.21. The maximum absolute atomic E-state index is 12.5. The number of benzene rings is 2. The number of ether oxygens (including phenoxy) is 2. The normalized spacial score (nSPS) is 10.1. The fraction of sp³-hybridized carbons (Fsp3) is 0.143. The lowest BCUT2D eigenvalue weighted by atomic mass is 10.2. The summed E-state index contributed by atoms with van der Waals surface area (Å²) >= 11 is 0. The number of anilines is 3. The van der Waals surface area contributed by atoms with E-state index in [2.05, 4.69) is 15.6 Å². The number of nitrogens with one attached hydrogen (secondary N) is 2. The summed E-state index contributed by atoms with van der Waals surface area (Å²) in [5, 5.41) is 6.08. The quantitative estimate of drug-likeness (QED) is 0.647. The number of pyridine rings is 1. The molecule has 0 spiro atoms. The van der Waals surface area contributed by atoms with Crippen molar-refractivity contribution in [3.05, 3.63) is 72.6 Å². The second-order valence-corrected chi connectivity index (χ2v) is 5.69. The monoisotopic (exact) mass is 363 g/mol. The van der Waals surface area contributed by atoms with E-state index in [1.54, 1.807) is 37.6 Å². The number of nitrogens with zero attached hydrogens (tertiary/aromatic N) is 1. The van der Waals surface area contributed by atoms with Crippen molar-refractivity contribution in [1.82, 2.24) is 4.98 Å². The summed E-state index contributed by atoms with van der Waals surface area (Å²) in [4.78, 5) is 16.6. The van der Waals surface area contributed by atoms with Gasteiger partial charge in [0.15, 0.2) is 0 Å². The molecule has 6 nitrogen and oxygen atoms in total. The topological polar surface area (TPSA) is 72.5 Å². The Hall–Kier alpha value is -3.54. The average Bonchev–Trinajstić information content (AvgIpc) is 2.70. The third-order valence-electron chi connectivity index (χ3n) is 3.79. The minimum atomic E-state index is -0.280. The van der Waals surface area contributed by atoms with Crippen molar-refractivity contribution < 1.29 is 14.3 Å². The Morgan fingerprint density at radius 1 is 0.926 bits per heavy atom. The van der Waals surface area contributed by atoms with E-state index in [1.807, 2.05) is 43.3 Å². The van der Waals surface area contributed by atoms with Crippen LogP contribution in [0.25, 0.3) is 0 Å². The number of carbonyl (C=O) groups excluding carboxylic acids is 1. The summed E-state index contributed by atoms with van der Waals surface area (Å²) in [6, 6.07) is 18.3. The van der Waals surface area contributed by atoms with Crippen LogP contribution < -0.4 is 20.1 Å². The predicted molar refractivity (Wildman–Crippen MR) is 106 cm³/mol. The van der Waals surface area contributed by atoms with Crippen LogP contribution in [0.1, 0.15) is 17.4 Å². The first-order valence-corrected chi connectivity index (χ1v) is 8.59. The summed E-state index contributed by atoms with van der Waals surface area (Å²) in [5.41, 5.74) is 2.66. The van der Waals surface area contributed by atoms with Gasteiger partial charge >= 0.3 is 0 Å². The fourth-order valence-corrected chi connectivity index (χ4v) is 2.47. The van der Waals surface area contributed by atoms with Crippen molar-refractivity contribution in [2.24, 2.45) is 0 Å². The standard InChI is InChI=1S/C21H21N3O3/c1-3-27-19-10-6-16(7-11-19)24-21(25)20-14-17(12-13-22-20)23-15-4-8-18(26-2)9-5-15/h4-14H,3H2,1-2H3,(H,22,23)(H,24,25). The van der Waals surface area contributed by atoms with Gasteiger partial charge in [0, 0.05) is 23.3 Å². The number of carbonyl (C=O) groups is 1. The minimum absolute atomic E-state index is 0.280. The van der Waals surface area contributed by atoms with Crippen LogP contribution in [0.3, 0.4) is 0 Å². The van der Waals surface area contributed by atoms with Gasteiger partial charge in [-0.05, 0) is 67.6 Å². The van der Waals surface area contributed by atoms with Gasteiger partial charge in [-0.2, -0.15) is 0 Å². The highest BCUT2D eigenvalue weighted by molar-refractivity contribution is 6.03. The maximum atomic E-state index is 12.5. The summed E-state index contributed by atoms with van der Waals surface area (Å²) in [5.74, 6) is 1.27. The first-order chi connectivity index (χ1) is 13.2. The number of hydrogen-bond acceptors (Lipinski definition) is 5. The van der Waals surface area contributed by atoms with Crippen molar-refractivity contribution in [3.63, 3.8) is 0 Å². The van der Waals surface area contributed by atoms with Crippen molar-refractivity contribution in [3.8, 4) is 11.5 Å². The highest BCUT2D eigenvalue weighted by atomic mass is 16.5. The minimum Gasteiger partial charge on any atom is -0.497 e. The van der Waals surface area contributed by atoms with E-state index in [9.17, 15) is 4.79 Å². The second-order valence-electron chi connectivity index (χ2n) is 5.69. The second kappa shape index (κ2) is 8.71. The molecule has 1 heterocycles. The van der Waals surface area contributed by atoms with Gasteiger partial charge in [-0.15, -0.1) is 0 Å². The zero-order valence-corrected chi connectivity index (χ0v) is 15.2. The first-order valence-electron chi connectivity index (χ1n) is 8.59. The molecule has 0 atom stereocenters. The molecule has 27 heavy (non-hydrogen) atoms. The Balaban J connectivity index is 1.67. The van der Waals surface area contributed by atoms with Crippen LogP contribution in [0.5, 0.6) is 11.5 Å². The molecular formula is C21H21N3O3. The van der Waals surface area contributed by atoms with Crippen molar-refractivity contribution in [1.29, 1.82) is 0 Å². The number of hydrogen-bond donors (Lipinski definition) is 2. The third-order valence-corrected chi connectivity index (χ3v) is 3.79. The molecule has 6 heteroatoms. The fourth-order valence-electron chi connectivity index (χ4n) is 2.47. The highest BCUT2D eigenvalue weighted by Gasteiger charge is 2.09. The van der Waals surface area contributed by atoms with Crippen LogP contribution in [0.15, 0.2) is 66.9 Å².